The average molecular weight is 574 g/mol. The Morgan fingerprint density at radius 2 is 1.90 bits per heavy atom. The molecule has 0 bridgehead atoms. The molecule has 0 unspecified atom stereocenters. The maximum Gasteiger partial charge on any atom is 0.262 e. The van der Waals surface area contributed by atoms with Crippen LogP contribution in [-0.2, 0) is 7.05 Å². The third kappa shape index (κ3) is 4.27. The van der Waals surface area contributed by atoms with Crippen molar-refractivity contribution in [3.05, 3.63) is 48.2 Å². The summed E-state index contributed by atoms with van der Waals surface area (Å²) < 4.78 is 37.7. The summed E-state index contributed by atoms with van der Waals surface area (Å²) in [5.74, 6) is -0.392. The third-order valence-electron chi connectivity index (χ3n) is 8.51. The summed E-state index contributed by atoms with van der Waals surface area (Å²) in [4.78, 5) is 23.3. The van der Waals surface area contributed by atoms with Crippen LogP contribution in [0.5, 0.6) is 5.75 Å². The van der Waals surface area contributed by atoms with Gasteiger partial charge in [-0.25, -0.2) is 23.4 Å². The van der Waals surface area contributed by atoms with Gasteiger partial charge >= 0.3 is 0 Å². The number of imidazole rings is 1. The van der Waals surface area contributed by atoms with Crippen molar-refractivity contribution in [3.63, 3.8) is 0 Å². The molecule has 0 radical (unpaired) electrons. The quantitative estimate of drug-likeness (QED) is 0.298. The zero-order chi connectivity index (χ0) is 29.3. The van der Waals surface area contributed by atoms with Crippen molar-refractivity contribution >= 4 is 27.9 Å². The number of rotatable bonds is 5. The van der Waals surface area contributed by atoms with Crippen molar-refractivity contribution in [2.24, 2.45) is 7.05 Å². The van der Waals surface area contributed by atoms with Gasteiger partial charge in [-0.1, -0.05) is 13.8 Å². The molecule has 0 N–H and O–H groups in total. The average Bonchev–Trinajstić information content (AvgIpc) is 3.64. The minimum atomic E-state index is -2.63. The van der Waals surface area contributed by atoms with Crippen LogP contribution in [0.3, 0.4) is 0 Å². The van der Waals surface area contributed by atoms with Crippen LogP contribution in [-0.4, -0.2) is 84.4 Å². The summed E-state index contributed by atoms with van der Waals surface area (Å²) in [6.45, 7) is 7.78. The van der Waals surface area contributed by atoms with Crippen LogP contribution in [0.4, 0.5) is 14.7 Å². The molecule has 0 amide bonds. The number of hydrogen-bond acceptors (Lipinski definition) is 8. The fraction of sp³-hybridized carbons (Fsp3) is 0.433. The molecule has 42 heavy (non-hydrogen) atoms. The van der Waals surface area contributed by atoms with Crippen molar-refractivity contribution in [2.45, 2.75) is 45.1 Å². The van der Waals surface area contributed by atoms with Crippen LogP contribution in [0.15, 0.2) is 36.8 Å². The van der Waals surface area contributed by atoms with Gasteiger partial charge in [0.05, 0.1) is 47.8 Å². The fourth-order valence-corrected chi connectivity index (χ4v) is 6.41. The van der Waals surface area contributed by atoms with Crippen LogP contribution < -0.4 is 9.64 Å². The minimum Gasteiger partial charge on any atom is -0.496 e. The predicted octanol–water partition coefficient (Wildman–Crippen LogP) is 4.73. The van der Waals surface area contributed by atoms with Gasteiger partial charge in [-0.05, 0) is 25.0 Å². The van der Waals surface area contributed by atoms with E-state index < -0.39 is 5.92 Å². The Labute approximate surface area is 242 Å². The number of piperazine rings is 1. The zero-order valence-electron chi connectivity index (χ0n) is 24.3. The van der Waals surface area contributed by atoms with Gasteiger partial charge in [0.15, 0.2) is 5.82 Å². The molecule has 0 aliphatic carbocycles. The van der Waals surface area contributed by atoms with Gasteiger partial charge in [0.25, 0.3) is 5.92 Å². The molecule has 10 nitrogen and oxygen atoms in total. The standard InChI is InChI=1S/C30H33F2N9O/c1-17(2)27-28-24(38(4)29(37-28)39-8-9-40-16-30(31,32)12-19(40)15-39)11-26(36-27)41-23-10-22(35-18(3)20(23)14-34-41)21-13-33-7-6-25(21)42-5/h6-7,10-11,13-14,17,19H,8-9,12,15-16H2,1-5H3/t19-/m1/s1. The number of nitrogens with zero attached hydrogens (tertiary/aromatic N) is 9. The molecule has 5 aromatic heterocycles. The molecule has 2 saturated heterocycles. The SMILES string of the molecule is COc1ccncc1-c1cc2c(cnn2-c2cc3c(nc(N4CCN5CC(F)(F)C[C@@H]5C4)n3C)c(C(C)C)n2)c(C)n1. The number of halogens is 2. The highest BCUT2D eigenvalue weighted by atomic mass is 19.3. The molecule has 0 spiro atoms. The molecule has 1 atom stereocenters. The lowest BCUT2D eigenvalue weighted by atomic mass is 10.1. The molecule has 0 aromatic carbocycles. The van der Waals surface area contributed by atoms with E-state index in [1.807, 2.05) is 47.9 Å². The largest absolute Gasteiger partial charge is 0.496 e. The van der Waals surface area contributed by atoms with Crippen molar-refractivity contribution in [1.29, 1.82) is 0 Å². The Kier molecular flexibility index (Phi) is 6.16. The number of methoxy groups -OCH3 is 1. The first-order chi connectivity index (χ1) is 20.1. The van der Waals surface area contributed by atoms with Gasteiger partial charge in [-0.2, -0.15) is 5.10 Å². The number of ether oxygens (including phenoxy) is 1. The molecule has 12 heteroatoms. The molecule has 0 saturated carbocycles. The molecular formula is C30H33F2N9O. The van der Waals surface area contributed by atoms with Crippen molar-refractivity contribution in [1.82, 2.24) is 39.2 Å². The number of aromatic nitrogens is 7. The molecule has 218 valence electrons. The van der Waals surface area contributed by atoms with E-state index in [1.165, 1.54) is 0 Å². The van der Waals surface area contributed by atoms with Gasteiger partial charge in [-0.15, -0.1) is 0 Å². The van der Waals surface area contributed by atoms with E-state index in [0.29, 0.717) is 31.2 Å². The highest BCUT2D eigenvalue weighted by Crippen LogP contribution is 2.37. The number of hydrogen-bond donors (Lipinski definition) is 0. The lowest BCUT2D eigenvalue weighted by Gasteiger charge is -2.37. The van der Waals surface area contributed by atoms with E-state index in [9.17, 15) is 8.78 Å². The predicted molar refractivity (Wildman–Crippen MR) is 157 cm³/mol. The Bertz CT molecular complexity index is 1830. The zero-order valence-corrected chi connectivity index (χ0v) is 24.3. The summed E-state index contributed by atoms with van der Waals surface area (Å²) in [7, 11) is 3.61. The Hall–Kier alpha value is -4.19. The second kappa shape index (κ2) is 9.69. The maximum atomic E-state index is 14.1. The van der Waals surface area contributed by atoms with Crippen LogP contribution in [0.25, 0.3) is 39.0 Å². The van der Waals surface area contributed by atoms with Gasteiger partial charge in [-0.3, -0.25) is 14.9 Å². The fourth-order valence-electron chi connectivity index (χ4n) is 6.41. The molecule has 2 fully saturated rings. The first-order valence-corrected chi connectivity index (χ1v) is 14.2. The van der Waals surface area contributed by atoms with Crippen LogP contribution in [0.1, 0.15) is 37.6 Å². The number of anilines is 1. The van der Waals surface area contributed by atoms with E-state index in [1.54, 1.807) is 19.5 Å². The van der Waals surface area contributed by atoms with Crippen molar-refractivity contribution in [3.8, 4) is 22.8 Å². The van der Waals surface area contributed by atoms with Crippen LogP contribution in [0, 0.1) is 6.92 Å². The first kappa shape index (κ1) is 26.7. The van der Waals surface area contributed by atoms with Crippen LogP contribution >= 0.6 is 0 Å². The number of pyridine rings is 3. The lowest BCUT2D eigenvalue weighted by Crippen LogP contribution is -2.50. The van der Waals surface area contributed by atoms with Gasteiger partial charge in [0, 0.05) is 68.7 Å². The van der Waals surface area contributed by atoms with E-state index in [-0.39, 0.29) is 24.9 Å². The maximum absolute atomic E-state index is 14.1. The second-order valence-electron chi connectivity index (χ2n) is 11.6. The number of alkyl halides is 2. The molecule has 5 aromatic rings. The molecule has 7 heterocycles. The van der Waals surface area contributed by atoms with E-state index in [0.717, 1.165) is 50.5 Å². The minimum absolute atomic E-state index is 0.0982. The summed E-state index contributed by atoms with van der Waals surface area (Å²) in [5.41, 5.74) is 5.83. The number of aryl methyl sites for hydroxylation is 2. The molecule has 2 aliphatic rings. The molecular weight excluding hydrogens is 540 g/mol. The Balaban J connectivity index is 1.34. The summed E-state index contributed by atoms with van der Waals surface area (Å²) in [5, 5.41) is 5.66. The molecule has 7 rings (SSSR count). The number of fused-ring (bicyclic) bond motifs is 3. The normalized spacial score (nSPS) is 18.9. The lowest BCUT2D eigenvalue weighted by molar-refractivity contribution is 0.0125. The highest BCUT2D eigenvalue weighted by molar-refractivity contribution is 5.88. The van der Waals surface area contributed by atoms with E-state index in [4.69, 9.17) is 24.8 Å². The molecule has 2 aliphatic heterocycles. The van der Waals surface area contributed by atoms with Gasteiger partial charge in [0.2, 0.25) is 5.95 Å². The third-order valence-corrected chi connectivity index (χ3v) is 8.51. The van der Waals surface area contributed by atoms with E-state index >= 15 is 0 Å². The van der Waals surface area contributed by atoms with Crippen molar-refractivity contribution < 1.29 is 13.5 Å². The summed E-state index contributed by atoms with van der Waals surface area (Å²) in [6, 6.07) is 5.63. The highest BCUT2D eigenvalue weighted by Gasteiger charge is 2.47. The topological polar surface area (TPSA) is 90.0 Å². The second-order valence-corrected chi connectivity index (χ2v) is 11.6. The van der Waals surface area contributed by atoms with Gasteiger partial charge < -0.3 is 14.2 Å². The van der Waals surface area contributed by atoms with E-state index in [2.05, 4.69) is 28.3 Å². The monoisotopic (exact) mass is 573 g/mol. The van der Waals surface area contributed by atoms with Crippen molar-refractivity contribution in [2.75, 3.05) is 38.2 Å². The summed E-state index contributed by atoms with van der Waals surface area (Å²) >= 11 is 0. The smallest absolute Gasteiger partial charge is 0.262 e. The van der Waals surface area contributed by atoms with Crippen LogP contribution in [0.2, 0.25) is 0 Å². The first-order valence-electron chi connectivity index (χ1n) is 14.2. The summed E-state index contributed by atoms with van der Waals surface area (Å²) in [6.07, 6.45) is 5.14. The Morgan fingerprint density at radius 3 is 2.69 bits per heavy atom. The van der Waals surface area contributed by atoms with Gasteiger partial charge in [0.1, 0.15) is 11.3 Å². The Morgan fingerprint density at radius 1 is 1.07 bits per heavy atom.